The van der Waals surface area contributed by atoms with Crippen molar-refractivity contribution in [3.8, 4) is 23.0 Å². The first-order valence-corrected chi connectivity index (χ1v) is 7.89. The minimum absolute atomic E-state index is 0.0840. The zero-order chi connectivity index (χ0) is 17.2. The lowest BCUT2D eigenvalue weighted by Crippen LogP contribution is -2.00. The van der Waals surface area contributed by atoms with E-state index in [2.05, 4.69) is 0 Å². The Bertz CT molecular complexity index is 861. The standard InChI is InChI=1S/C18H13ClO6/c19-13-5-12(7-16-18(13)25-10-24-16)8-21-17(20)4-2-11-1-3-14-15(6-11)23-9-22-14/h1-7H,8-10H2/b4-2+. The average molecular weight is 361 g/mol. The van der Waals surface area contributed by atoms with Crippen LogP contribution in [-0.4, -0.2) is 19.6 Å². The second kappa shape index (κ2) is 6.57. The monoisotopic (exact) mass is 360 g/mol. The number of hydrogen-bond donors (Lipinski definition) is 0. The summed E-state index contributed by atoms with van der Waals surface area (Å²) in [5.74, 6) is 1.95. The van der Waals surface area contributed by atoms with Crippen LogP contribution in [0.4, 0.5) is 0 Å². The SMILES string of the molecule is O=C(/C=C/c1ccc2c(c1)OCO2)OCc1cc(Cl)c2c(c1)OCO2. The number of esters is 1. The lowest BCUT2D eigenvalue weighted by molar-refractivity contribution is -0.138. The molecule has 0 bridgehead atoms. The number of ether oxygens (including phenoxy) is 5. The molecule has 0 unspecified atom stereocenters. The van der Waals surface area contributed by atoms with Gasteiger partial charge in [-0.25, -0.2) is 4.79 Å². The number of fused-ring (bicyclic) bond motifs is 2. The van der Waals surface area contributed by atoms with Crippen molar-refractivity contribution in [2.45, 2.75) is 6.61 Å². The Morgan fingerprint density at radius 1 is 1.04 bits per heavy atom. The van der Waals surface area contributed by atoms with Gasteiger partial charge in [-0.3, -0.25) is 0 Å². The maximum atomic E-state index is 11.9. The van der Waals surface area contributed by atoms with Crippen LogP contribution < -0.4 is 18.9 Å². The van der Waals surface area contributed by atoms with E-state index in [9.17, 15) is 4.79 Å². The van der Waals surface area contributed by atoms with Gasteiger partial charge in [-0.15, -0.1) is 0 Å². The van der Waals surface area contributed by atoms with Gasteiger partial charge in [0.05, 0.1) is 5.02 Å². The van der Waals surface area contributed by atoms with E-state index in [1.807, 2.05) is 6.07 Å². The highest BCUT2D eigenvalue weighted by molar-refractivity contribution is 6.32. The van der Waals surface area contributed by atoms with Gasteiger partial charge in [-0.05, 0) is 41.5 Å². The number of rotatable bonds is 4. The molecule has 0 atom stereocenters. The molecule has 7 heteroatoms. The molecule has 0 aromatic heterocycles. The zero-order valence-electron chi connectivity index (χ0n) is 13.0. The van der Waals surface area contributed by atoms with E-state index >= 15 is 0 Å². The van der Waals surface area contributed by atoms with Crippen LogP contribution in [-0.2, 0) is 16.1 Å². The van der Waals surface area contributed by atoms with E-state index in [4.69, 9.17) is 35.3 Å². The Kier molecular flexibility index (Phi) is 4.11. The molecule has 6 nitrogen and oxygen atoms in total. The molecule has 128 valence electrons. The maximum absolute atomic E-state index is 11.9. The molecule has 0 N–H and O–H groups in total. The highest BCUT2D eigenvalue weighted by atomic mass is 35.5. The van der Waals surface area contributed by atoms with Gasteiger partial charge in [0.2, 0.25) is 13.6 Å². The summed E-state index contributed by atoms with van der Waals surface area (Å²) in [6.07, 6.45) is 3.00. The van der Waals surface area contributed by atoms with Gasteiger partial charge in [0.1, 0.15) is 6.61 Å². The molecule has 2 aromatic carbocycles. The van der Waals surface area contributed by atoms with Gasteiger partial charge in [-0.1, -0.05) is 17.7 Å². The summed E-state index contributed by atoms with van der Waals surface area (Å²) in [6.45, 7) is 0.430. The first-order chi connectivity index (χ1) is 12.2. The quantitative estimate of drug-likeness (QED) is 0.613. The largest absolute Gasteiger partial charge is 0.458 e. The molecule has 4 rings (SSSR count). The van der Waals surface area contributed by atoms with Crippen LogP contribution in [0.3, 0.4) is 0 Å². The van der Waals surface area contributed by atoms with E-state index in [0.717, 1.165) is 11.1 Å². The van der Waals surface area contributed by atoms with Crippen LogP contribution >= 0.6 is 11.6 Å². The topological polar surface area (TPSA) is 63.2 Å². The Morgan fingerprint density at radius 3 is 2.76 bits per heavy atom. The second-order valence-electron chi connectivity index (χ2n) is 5.37. The minimum Gasteiger partial charge on any atom is -0.458 e. The summed E-state index contributed by atoms with van der Waals surface area (Å²) in [5.41, 5.74) is 1.53. The number of carbonyl (C=O) groups excluding carboxylic acids is 1. The summed E-state index contributed by atoms with van der Waals surface area (Å²) in [6, 6.07) is 8.84. The van der Waals surface area contributed by atoms with Gasteiger partial charge in [0, 0.05) is 6.08 Å². The molecule has 2 aliphatic heterocycles. The lowest BCUT2D eigenvalue weighted by atomic mass is 10.2. The Labute approximate surface area is 148 Å². The minimum atomic E-state index is -0.466. The van der Waals surface area contributed by atoms with Gasteiger partial charge in [0.15, 0.2) is 23.0 Å². The molecular formula is C18H13ClO6. The predicted molar refractivity (Wildman–Crippen MR) is 89.0 cm³/mol. The maximum Gasteiger partial charge on any atom is 0.331 e. The first-order valence-electron chi connectivity index (χ1n) is 7.51. The van der Waals surface area contributed by atoms with Crippen molar-refractivity contribution in [1.29, 1.82) is 0 Å². The number of carbonyl (C=O) groups is 1. The normalized spacial score (nSPS) is 14.1. The summed E-state index contributed by atoms with van der Waals surface area (Å²) >= 11 is 6.10. The molecule has 2 heterocycles. The van der Waals surface area contributed by atoms with Crippen LogP contribution in [0.1, 0.15) is 11.1 Å². The molecule has 0 fully saturated rings. The number of halogens is 1. The number of benzene rings is 2. The molecule has 0 saturated carbocycles. The summed E-state index contributed by atoms with van der Waals surface area (Å²) in [7, 11) is 0. The van der Waals surface area contributed by atoms with E-state index in [1.54, 1.807) is 30.3 Å². The van der Waals surface area contributed by atoms with E-state index < -0.39 is 5.97 Å². The van der Waals surface area contributed by atoms with E-state index in [0.29, 0.717) is 28.0 Å². The smallest absolute Gasteiger partial charge is 0.331 e. The molecule has 0 saturated heterocycles. The fourth-order valence-corrected chi connectivity index (χ4v) is 2.78. The lowest BCUT2D eigenvalue weighted by Gasteiger charge is -2.05. The third-order valence-corrected chi connectivity index (χ3v) is 3.96. The fourth-order valence-electron chi connectivity index (χ4n) is 2.49. The molecular weight excluding hydrogens is 348 g/mol. The second-order valence-corrected chi connectivity index (χ2v) is 5.77. The van der Waals surface area contributed by atoms with Crippen molar-refractivity contribution in [2.75, 3.05) is 13.6 Å². The highest BCUT2D eigenvalue weighted by Gasteiger charge is 2.18. The van der Waals surface area contributed by atoms with Crippen LogP contribution in [0, 0.1) is 0 Å². The fraction of sp³-hybridized carbons (Fsp3) is 0.167. The summed E-state index contributed by atoms with van der Waals surface area (Å²) < 4.78 is 26.3. The molecule has 25 heavy (non-hydrogen) atoms. The van der Waals surface area contributed by atoms with Crippen LogP contribution in [0.25, 0.3) is 6.08 Å². The highest BCUT2D eigenvalue weighted by Crippen LogP contribution is 2.40. The average Bonchev–Trinajstić information content (AvgIpc) is 3.26. The van der Waals surface area contributed by atoms with Gasteiger partial charge >= 0.3 is 5.97 Å². The Hall–Kier alpha value is -2.86. The van der Waals surface area contributed by atoms with Gasteiger partial charge in [-0.2, -0.15) is 0 Å². The van der Waals surface area contributed by atoms with Crippen LogP contribution in [0.5, 0.6) is 23.0 Å². The molecule has 0 aliphatic carbocycles. The van der Waals surface area contributed by atoms with E-state index in [1.165, 1.54) is 6.08 Å². The van der Waals surface area contributed by atoms with Crippen molar-refractivity contribution >= 4 is 23.6 Å². The Morgan fingerprint density at radius 2 is 1.84 bits per heavy atom. The summed E-state index contributed by atoms with van der Waals surface area (Å²) in [4.78, 5) is 11.9. The first kappa shape index (κ1) is 15.7. The number of hydrogen-bond acceptors (Lipinski definition) is 6. The third kappa shape index (κ3) is 3.34. The van der Waals surface area contributed by atoms with Crippen molar-refractivity contribution in [3.63, 3.8) is 0 Å². The molecule has 2 aliphatic rings. The third-order valence-electron chi connectivity index (χ3n) is 3.68. The Balaban J connectivity index is 1.37. The zero-order valence-corrected chi connectivity index (χ0v) is 13.7. The molecule has 0 spiro atoms. The van der Waals surface area contributed by atoms with Crippen LogP contribution in [0.15, 0.2) is 36.4 Å². The van der Waals surface area contributed by atoms with Gasteiger partial charge < -0.3 is 23.7 Å². The van der Waals surface area contributed by atoms with Crippen molar-refractivity contribution in [3.05, 3.63) is 52.6 Å². The van der Waals surface area contributed by atoms with Crippen LogP contribution in [0.2, 0.25) is 5.02 Å². The summed E-state index contributed by atoms with van der Waals surface area (Å²) in [5, 5.41) is 0.428. The predicted octanol–water partition coefficient (Wildman–Crippen LogP) is 3.55. The van der Waals surface area contributed by atoms with Gasteiger partial charge in [0.25, 0.3) is 0 Å². The van der Waals surface area contributed by atoms with Crippen molar-refractivity contribution in [1.82, 2.24) is 0 Å². The molecule has 0 radical (unpaired) electrons. The molecule has 0 amide bonds. The van der Waals surface area contributed by atoms with Crippen molar-refractivity contribution in [2.24, 2.45) is 0 Å². The van der Waals surface area contributed by atoms with E-state index in [-0.39, 0.29) is 20.2 Å². The van der Waals surface area contributed by atoms with Crippen molar-refractivity contribution < 1.29 is 28.5 Å². The molecule has 2 aromatic rings.